The van der Waals surface area contributed by atoms with E-state index in [1.165, 1.54) is 0 Å². The summed E-state index contributed by atoms with van der Waals surface area (Å²) in [7, 11) is 0. The Balaban J connectivity index is 1.97. The molecule has 1 amide bonds. The summed E-state index contributed by atoms with van der Waals surface area (Å²) in [6.45, 7) is 1.97. The Bertz CT molecular complexity index is 439. The normalized spacial score (nSPS) is 23.7. The molecule has 1 saturated carbocycles. The first kappa shape index (κ1) is 13.6. The van der Waals surface area contributed by atoms with Gasteiger partial charge < -0.3 is 10.4 Å². The standard InChI is InChI=1S/C14H18BrNO2/c1-9-8-10(2-7-13(9)15)14(18)16-11-3-5-12(17)6-4-11/h2,7-8,11-12,17H,3-6H2,1H3,(H,16,18). The lowest BCUT2D eigenvalue weighted by atomic mass is 9.93. The van der Waals surface area contributed by atoms with E-state index >= 15 is 0 Å². The summed E-state index contributed by atoms with van der Waals surface area (Å²) in [5, 5.41) is 12.5. The van der Waals surface area contributed by atoms with Gasteiger partial charge in [0.15, 0.2) is 0 Å². The topological polar surface area (TPSA) is 49.3 Å². The van der Waals surface area contributed by atoms with Crippen molar-refractivity contribution >= 4 is 21.8 Å². The highest BCUT2D eigenvalue weighted by molar-refractivity contribution is 9.10. The molecule has 1 aliphatic rings. The number of halogens is 1. The van der Waals surface area contributed by atoms with Crippen molar-refractivity contribution in [3.05, 3.63) is 33.8 Å². The molecule has 1 aliphatic carbocycles. The van der Waals surface area contributed by atoms with Crippen molar-refractivity contribution in [3.63, 3.8) is 0 Å². The Hall–Kier alpha value is -0.870. The molecule has 2 N–H and O–H groups in total. The molecule has 0 spiro atoms. The second kappa shape index (κ2) is 5.85. The quantitative estimate of drug-likeness (QED) is 0.882. The van der Waals surface area contributed by atoms with Crippen LogP contribution in [0.2, 0.25) is 0 Å². The number of benzene rings is 1. The van der Waals surface area contributed by atoms with Gasteiger partial charge in [-0.3, -0.25) is 4.79 Å². The molecule has 4 heteroatoms. The molecular formula is C14H18BrNO2. The minimum Gasteiger partial charge on any atom is -0.393 e. The maximum atomic E-state index is 12.1. The summed E-state index contributed by atoms with van der Waals surface area (Å²) < 4.78 is 1.01. The Morgan fingerprint density at radius 3 is 2.61 bits per heavy atom. The van der Waals surface area contributed by atoms with Gasteiger partial charge in [0.25, 0.3) is 5.91 Å². The number of hydrogen-bond donors (Lipinski definition) is 2. The van der Waals surface area contributed by atoms with Crippen LogP contribution in [0.25, 0.3) is 0 Å². The predicted octanol–water partition coefficient (Wildman–Crippen LogP) is 2.79. The van der Waals surface area contributed by atoms with Gasteiger partial charge in [-0.15, -0.1) is 0 Å². The molecule has 98 valence electrons. The molecule has 1 aromatic carbocycles. The van der Waals surface area contributed by atoms with Crippen LogP contribution >= 0.6 is 15.9 Å². The van der Waals surface area contributed by atoms with Gasteiger partial charge in [-0.05, 0) is 56.4 Å². The average Bonchev–Trinajstić information content (AvgIpc) is 2.35. The summed E-state index contributed by atoms with van der Waals surface area (Å²) >= 11 is 3.42. The van der Waals surface area contributed by atoms with Crippen LogP contribution in [0.1, 0.15) is 41.6 Å². The zero-order chi connectivity index (χ0) is 13.1. The highest BCUT2D eigenvalue weighted by Crippen LogP contribution is 2.20. The third-order valence-electron chi connectivity index (χ3n) is 3.45. The lowest BCUT2D eigenvalue weighted by Crippen LogP contribution is -2.38. The third kappa shape index (κ3) is 3.33. The molecule has 1 fully saturated rings. The summed E-state index contributed by atoms with van der Waals surface area (Å²) in [5.41, 5.74) is 1.75. The Morgan fingerprint density at radius 1 is 1.33 bits per heavy atom. The van der Waals surface area contributed by atoms with Crippen LogP contribution < -0.4 is 5.32 Å². The SMILES string of the molecule is Cc1cc(C(=O)NC2CCC(O)CC2)ccc1Br. The van der Waals surface area contributed by atoms with Crippen molar-refractivity contribution in [1.29, 1.82) is 0 Å². The van der Waals surface area contributed by atoms with Gasteiger partial charge >= 0.3 is 0 Å². The first-order valence-electron chi connectivity index (χ1n) is 6.31. The predicted molar refractivity (Wildman–Crippen MR) is 74.6 cm³/mol. The lowest BCUT2D eigenvalue weighted by molar-refractivity contribution is 0.0867. The largest absolute Gasteiger partial charge is 0.393 e. The second-order valence-electron chi connectivity index (χ2n) is 4.94. The minimum atomic E-state index is -0.187. The molecule has 18 heavy (non-hydrogen) atoms. The van der Waals surface area contributed by atoms with Crippen LogP contribution in [0.15, 0.2) is 22.7 Å². The van der Waals surface area contributed by atoms with Crippen LogP contribution in [-0.4, -0.2) is 23.2 Å². The molecule has 0 atom stereocenters. The number of aliphatic hydroxyl groups is 1. The van der Waals surface area contributed by atoms with Crippen molar-refractivity contribution < 1.29 is 9.90 Å². The summed E-state index contributed by atoms with van der Waals surface area (Å²) in [6.07, 6.45) is 3.10. The van der Waals surface area contributed by atoms with E-state index in [-0.39, 0.29) is 18.1 Å². The van der Waals surface area contributed by atoms with E-state index in [0.29, 0.717) is 5.56 Å². The van der Waals surface area contributed by atoms with Crippen LogP contribution in [0.4, 0.5) is 0 Å². The molecular weight excluding hydrogens is 294 g/mol. The molecule has 3 nitrogen and oxygen atoms in total. The van der Waals surface area contributed by atoms with Crippen molar-refractivity contribution in [1.82, 2.24) is 5.32 Å². The van der Waals surface area contributed by atoms with Gasteiger partial charge in [-0.1, -0.05) is 15.9 Å². The van der Waals surface area contributed by atoms with E-state index in [9.17, 15) is 9.90 Å². The summed E-state index contributed by atoms with van der Waals surface area (Å²) in [5.74, 6) is -0.0213. The number of rotatable bonds is 2. The molecule has 0 heterocycles. The Kier molecular flexibility index (Phi) is 4.40. The van der Waals surface area contributed by atoms with Crippen molar-refractivity contribution in [3.8, 4) is 0 Å². The molecule has 0 radical (unpaired) electrons. The first-order chi connectivity index (χ1) is 8.56. The molecule has 0 saturated heterocycles. The number of carbonyl (C=O) groups excluding carboxylic acids is 1. The Labute approximate surface area is 116 Å². The number of amides is 1. The minimum absolute atomic E-state index is 0.0213. The van der Waals surface area contributed by atoms with Crippen LogP contribution in [0.3, 0.4) is 0 Å². The van der Waals surface area contributed by atoms with Crippen LogP contribution in [-0.2, 0) is 0 Å². The number of aryl methyl sites for hydroxylation is 1. The van der Waals surface area contributed by atoms with Gasteiger partial charge in [0.05, 0.1) is 6.10 Å². The summed E-state index contributed by atoms with van der Waals surface area (Å²) in [4.78, 5) is 12.1. The fourth-order valence-electron chi connectivity index (χ4n) is 2.27. The van der Waals surface area contributed by atoms with Gasteiger partial charge in [-0.25, -0.2) is 0 Å². The van der Waals surface area contributed by atoms with Gasteiger partial charge in [-0.2, -0.15) is 0 Å². The fraction of sp³-hybridized carbons (Fsp3) is 0.500. The van der Waals surface area contributed by atoms with Crippen molar-refractivity contribution in [2.75, 3.05) is 0 Å². The van der Waals surface area contributed by atoms with E-state index in [1.807, 2.05) is 25.1 Å². The molecule has 0 bridgehead atoms. The highest BCUT2D eigenvalue weighted by Gasteiger charge is 2.21. The maximum Gasteiger partial charge on any atom is 0.251 e. The van der Waals surface area contributed by atoms with E-state index in [0.717, 1.165) is 35.7 Å². The van der Waals surface area contributed by atoms with Gasteiger partial charge in [0.1, 0.15) is 0 Å². The third-order valence-corrected chi connectivity index (χ3v) is 4.34. The molecule has 0 aliphatic heterocycles. The Morgan fingerprint density at radius 2 is 2.00 bits per heavy atom. The zero-order valence-electron chi connectivity index (χ0n) is 10.4. The smallest absolute Gasteiger partial charge is 0.251 e. The molecule has 2 rings (SSSR count). The van der Waals surface area contributed by atoms with E-state index < -0.39 is 0 Å². The zero-order valence-corrected chi connectivity index (χ0v) is 12.0. The van der Waals surface area contributed by atoms with Crippen molar-refractivity contribution in [2.24, 2.45) is 0 Å². The number of hydrogen-bond acceptors (Lipinski definition) is 2. The monoisotopic (exact) mass is 311 g/mol. The number of nitrogens with one attached hydrogen (secondary N) is 1. The van der Waals surface area contributed by atoms with Crippen LogP contribution in [0.5, 0.6) is 0 Å². The van der Waals surface area contributed by atoms with Crippen molar-refractivity contribution in [2.45, 2.75) is 44.8 Å². The van der Waals surface area contributed by atoms with Gasteiger partial charge in [0, 0.05) is 16.1 Å². The fourth-order valence-corrected chi connectivity index (χ4v) is 2.52. The van der Waals surface area contributed by atoms with E-state index in [2.05, 4.69) is 21.2 Å². The second-order valence-corrected chi connectivity index (χ2v) is 5.80. The lowest BCUT2D eigenvalue weighted by Gasteiger charge is -2.26. The highest BCUT2D eigenvalue weighted by atomic mass is 79.9. The van der Waals surface area contributed by atoms with E-state index in [4.69, 9.17) is 0 Å². The summed E-state index contributed by atoms with van der Waals surface area (Å²) in [6, 6.07) is 5.81. The average molecular weight is 312 g/mol. The van der Waals surface area contributed by atoms with E-state index in [1.54, 1.807) is 0 Å². The molecule has 0 unspecified atom stereocenters. The maximum absolute atomic E-state index is 12.1. The van der Waals surface area contributed by atoms with Gasteiger partial charge in [0.2, 0.25) is 0 Å². The first-order valence-corrected chi connectivity index (χ1v) is 7.10. The van der Waals surface area contributed by atoms with Crippen LogP contribution in [0, 0.1) is 6.92 Å². The molecule has 0 aromatic heterocycles. The number of carbonyl (C=O) groups is 1. The number of aliphatic hydroxyl groups excluding tert-OH is 1. The molecule has 1 aromatic rings.